The number of nitrogens with zero attached hydrogens (tertiary/aromatic N) is 3. The van der Waals surface area contributed by atoms with E-state index in [0.717, 1.165) is 36.6 Å². The Morgan fingerprint density at radius 2 is 1.73 bits per heavy atom. The van der Waals surface area contributed by atoms with Gasteiger partial charge in [-0.3, -0.25) is 14.7 Å². The summed E-state index contributed by atoms with van der Waals surface area (Å²) < 4.78 is 0. The minimum Gasteiger partial charge on any atom is -0.353 e. The van der Waals surface area contributed by atoms with Crippen LogP contribution in [0.25, 0.3) is 11.3 Å². The molecule has 0 saturated carbocycles. The van der Waals surface area contributed by atoms with Gasteiger partial charge in [0.15, 0.2) is 5.82 Å². The zero-order valence-corrected chi connectivity index (χ0v) is 17.0. The minimum absolute atomic E-state index is 0.0122. The highest BCUT2D eigenvalue weighted by Gasteiger charge is 2.21. The average molecular weight is 403 g/mol. The molecule has 30 heavy (non-hydrogen) atoms. The molecule has 2 N–H and O–H groups in total. The molecule has 1 aliphatic heterocycles. The third-order valence-corrected chi connectivity index (χ3v) is 5.21. The molecule has 7 heteroatoms. The molecule has 2 aromatic carbocycles. The van der Waals surface area contributed by atoms with Crippen molar-refractivity contribution in [3.05, 3.63) is 66.2 Å². The molecule has 154 valence electrons. The zero-order valence-electron chi connectivity index (χ0n) is 17.0. The number of benzene rings is 2. The first-order chi connectivity index (χ1) is 14.6. The fourth-order valence-corrected chi connectivity index (χ4v) is 3.67. The van der Waals surface area contributed by atoms with Crippen molar-refractivity contribution in [2.24, 2.45) is 0 Å². The lowest BCUT2D eigenvalue weighted by Crippen LogP contribution is -2.35. The second kappa shape index (κ2) is 8.82. The van der Waals surface area contributed by atoms with Gasteiger partial charge in [0.25, 0.3) is 5.91 Å². The Bertz CT molecular complexity index is 1010. The van der Waals surface area contributed by atoms with Gasteiger partial charge in [0.05, 0.1) is 5.69 Å². The van der Waals surface area contributed by atoms with Gasteiger partial charge in [-0.1, -0.05) is 30.3 Å². The van der Waals surface area contributed by atoms with Crippen LogP contribution in [0.5, 0.6) is 0 Å². The van der Waals surface area contributed by atoms with Crippen molar-refractivity contribution in [2.75, 3.05) is 36.4 Å². The number of carbonyl (C=O) groups is 2. The van der Waals surface area contributed by atoms with E-state index in [1.165, 1.54) is 6.92 Å². The number of anilines is 2. The van der Waals surface area contributed by atoms with Crippen LogP contribution in [0.1, 0.15) is 23.7 Å². The van der Waals surface area contributed by atoms with E-state index < -0.39 is 0 Å². The van der Waals surface area contributed by atoms with Crippen LogP contribution < -0.4 is 10.2 Å². The molecule has 4 rings (SSSR count). The zero-order chi connectivity index (χ0) is 20.9. The molecule has 1 aliphatic rings. The lowest BCUT2D eigenvalue weighted by molar-refractivity contribution is -0.114. The SMILES string of the molecule is CC(=O)Nc1ccc(C(=O)N2CCCN(c3cc(-c4ccccc4)[nH]n3)CC2)cc1. The molecular formula is C23H25N5O2. The van der Waals surface area contributed by atoms with Crippen LogP contribution in [0.4, 0.5) is 11.5 Å². The highest BCUT2D eigenvalue weighted by Crippen LogP contribution is 2.23. The Hall–Kier alpha value is -3.61. The standard InChI is InChI=1S/C23H25N5O2/c1-17(29)24-20-10-8-19(9-11-20)23(30)28-13-5-12-27(14-15-28)22-16-21(25-26-22)18-6-3-2-4-7-18/h2-4,6-11,16H,5,12-15H2,1H3,(H,24,29)(H,25,26). The maximum atomic E-state index is 12.9. The number of nitrogens with one attached hydrogen (secondary N) is 2. The van der Waals surface area contributed by atoms with Crippen molar-refractivity contribution in [1.29, 1.82) is 0 Å². The van der Waals surface area contributed by atoms with Crippen molar-refractivity contribution in [3.8, 4) is 11.3 Å². The molecule has 0 radical (unpaired) electrons. The second-order valence-electron chi connectivity index (χ2n) is 7.40. The summed E-state index contributed by atoms with van der Waals surface area (Å²) in [6.07, 6.45) is 0.878. The van der Waals surface area contributed by atoms with Crippen molar-refractivity contribution in [3.63, 3.8) is 0 Å². The van der Waals surface area contributed by atoms with Crippen molar-refractivity contribution >= 4 is 23.3 Å². The quantitative estimate of drug-likeness (QED) is 0.700. The van der Waals surface area contributed by atoms with Crippen molar-refractivity contribution in [1.82, 2.24) is 15.1 Å². The van der Waals surface area contributed by atoms with Crippen molar-refractivity contribution in [2.45, 2.75) is 13.3 Å². The molecule has 1 aromatic heterocycles. The summed E-state index contributed by atoms with van der Waals surface area (Å²) in [4.78, 5) is 28.2. The van der Waals surface area contributed by atoms with Crippen LogP contribution in [0.3, 0.4) is 0 Å². The summed E-state index contributed by atoms with van der Waals surface area (Å²) in [6.45, 7) is 4.39. The van der Waals surface area contributed by atoms with Gasteiger partial charge in [-0.05, 0) is 36.2 Å². The molecule has 0 unspecified atom stereocenters. The molecular weight excluding hydrogens is 378 g/mol. The highest BCUT2D eigenvalue weighted by molar-refractivity contribution is 5.95. The van der Waals surface area contributed by atoms with Crippen LogP contribution in [0.15, 0.2) is 60.7 Å². The summed E-state index contributed by atoms with van der Waals surface area (Å²) in [5.74, 6) is 0.788. The van der Waals surface area contributed by atoms with E-state index in [-0.39, 0.29) is 11.8 Å². The Morgan fingerprint density at radius 1 is 0.967 bits per heavy atom. The maximum Gasteiger partial charge on any atom is 0.253 e. The summed E-state index contributed by atoms with van der Waals surface area (Å²) >= 11 is 0. The number of H-pyrrole nitrogens is 1. The van der Waals surface area contributed by atoms with Gasteiger partial charge in [0.1, 0.15) is 0 Å². The molecule has 0 bridgehead atoms. The second-order valence-corrected chi connectivity index (χ2v) is 7.40. The van der Waals surface area contributed by atoms with E-state index in [2.05, 4.69) is 38.6 Å². The lowest BCUT2D eigenvalue weighted by Gasteiger charge is -2.22. The summed E-state index contributed by atoms with van der Waals surface area (Å²) in [5, 5.41) is 10.3. The first kappa shape index (κ1) is 19.7. The van der Waals surface area contributed by atoms with Gasteiger partial charge < -0.3 is 15.1 Å². The topological polar surface area (TPSA) is 81.3 Å². The van der Waals surface area contributed by atoms with E-state index in [0.29, 0.717) is 24.3 Å². The molecule has 0 atom stereocenters. The fraction of sp³-hybridized carbons (Fsp3) is 0.261. The van der Waals surface area contributed by atoms with Gasteiger partial charge in [0, 0.05) is 50.4 Å². The molecule has 0 spiro atoms. The smallest absolute Gasteiger partial charge is 0.253 e. The molecule has 1 fully saturated rings. The molecule has 2 amide bonds. The van der Waals surface area contributed by atoms with E-state index in [1.807, 2.05) is 23.1 Å². The van der Waals surface area contributed by atoms with Gasteiger partial charge >= 0.3 is 0 Å². The Kier molecular flexibility index (Phi) is 5.79. The number of rotatable bonds is 4. The van der Waals surface area contributed by atoms with E-state index >= 15 is 0 Å². The number of aromatic nitrogens is 2. The summed E-state index contributed by atoms with van der Waals surface area (Å²) in [7, 11) is 0. The first-order valence-electron chi connectivity index (χ1n) is 10.1. The first-order valence-corrected chi connectivity index (χ1v) is 10.1. The fourth-order valence-electron chi connectivity index (χ4n) is 3.67. The number of aromatic amines is 1. The van der Waals surface area contributed by atoms with E-state index in [9.17, 15) is 9.59 Å². The van der Waals surface area contributed by atoms with Crippen LogP contribution in [0.2, 0.25) is 0 Å². The Labute approximate surface area is 175 Å². The molecule has 2 heterocycles. The summed E-state index contributed by atoms with van der Waals surface area (Å²) in [5.41, 5.74) is 3.41. The monoisotopic (exact) mass is 403 g/mol. The van der Waals surface area contributed by atoms with Crippen LogP contribution in [-0.4, -0.2) is 53.1 Å². The third-order valence-electron chi connectivity index (χ3n) is 5.21. The van der Waals surface area contributed by atoms with E-state index in [1.54, 1.807) is 24.3 Å². The predicted molar refractivity (Wildman–Crippen MR) is 118 cm³/mol. The van der Waals surface area contributed by atoms with Crippen LogP contribution in [-0.2, 0) is 4.79 Å². The molecule has 1 saturated heterocycles. The lowest BCUT2D eigenvalue weighted by atomic mass is 10.1. The summed E-state index contributed by atoms with van der Waals surface area (Å²) in [6, 6.07) is 19.2. The Morgan fingerprint density at radius 3 is 2.47 bits per heavy atom. The normalized spacial score (nSPS) is 14.3. The minimum atomic E-state index is -0.129. The van der Waals surface area contributed by atoms with E-state index in [4.69, 9.17) is 0 Å². The number of hydrogen-bond acceptors (Lipinski definition) is 4. The molecule has 0 aliphatic carbocycles. The predicted octanol–water partition coefficient (Wildman–Crippen LogP) is 3.39. The Balaban J connectivity index is 1.40. The number of hydrogen-bond donors (Lipinski definition) is 2. The largest absolute Gasteiger partial charge is 0.353 e. The van der Waals surface area contributed by atoms with Crippen molar-refractivity contribution < 1.29 is 9.59 Å². The third kappa shape index (κ3) is 4.51. The number of carbonyl (C=O) groups excluding carboxylic acids is 2. The maximum absolute atomic E-state index is 12.9. The average Bonchev–Trinajstić information content (AvgIpc) is 3.12. The van der Waals surface area contributed by atoms with Crippen LogP contribution >= 0.6 is 0 Å². The van der Waals surface area contributed by atoms with Gasteiger partial charge in [-0.25, -0.2) is 0 Å². The highest BCUT2D eigenvalue weighted by atomic mass is 16.2. The van der Waals surface area contributed by atoms with Crippen LogP contribution in [0, 0.1) is 0 Å². The van der Waals surface area contributed by atoms with Gasteiger partial charge in [-0.2, -0.15) is 5.10 Å². The van der Waals surface area contributed by atoms with Gasteiger partial charge in [0.2, 0.25) is 5.91 Å². The van der Waals surface area contributed by atoms with Gasteiger partial charge in [-0.15, -0.1) is 0 Å². The molecule has 7 nitrogen and oxygen atoms in total. The molecule has 3 aromatic rings. The number of amides is 2.